The molecule has 1 aliphatic heterocycles. The maximum atomic E-state index is 13.0. The van der Waals surface area contributed by atoms with E-state index in [1.54, 1.807) is 41.3 Å². The first-order valence-electron chi connectivity index (χ1n) is 9.71. The van der Waals surface area contributed by atoms with Gasteiger partial charge in [0, 0.05) is 16.3 Å². The minimum absolute atomic E-state index is 0.179. The minimum Gasteiger partial charge on any atom is -0.340 e. The summed E-state index contributed by atoms with van der Waals surface area (Å²) in [6.07, 6.45) is 0.502. The summed E-state index contributed by atoms with van der Waals surface area (Å²) >= 11 is 7.59. The van der Waals surface area contributed by atoms with Crippen molar-refractivity contribution >= 4 is 40.9 Å². The van der Waals surface area contributed by atoms with E-state index in [0.29, 0.717) is 34.8 Å². The number of nitriles is 1. The highest BCUT2D eigenvalue weighted by atomic mass is 35.5. The fraction of sp³-hybridized carbons (Fsp3) is 0.125. The van der Waals surface area contributed by atoms with Gasteiger partial charge in [-0.25, -0.2) is 0 Å². The molecule has 3 aromatic carbocycles. The fourth-order valence-corrected chi connectivity index (χ4v) is 4.73. The van der Waals surface area contributed by atoms with Crippen LogP contribution in [-0.2, 0) is 4.79 Å². The first-order valence-corrected chi connectivity index (χ1v) is 10.9. The molecular weight excluding hydrogens is 430 g/mol. The van der Waals surface area contributed by atoms with E-state index in [1.807, 2.05) is 36.4 Å². The van der Waals surface area contributed by atoms with Gasteiger partial charge in [-0.05, 0) is 42.8 Å². The van der Waals surface area contributed by atoms with E-state index in [1.165, 1.54) is 11.8 Å². The number of anilines is 1. The molecule has 0 aromatic heterocycles. The van der Waals surface area contributed by atoms with Crippen LogP contribution in [0.1, 0.15) is 22.3 Å². The zero-order valence-electron chi connectivity index (χ0n) is 16.4. The topological polar surface area (TPSA) is 73.2 Å². The van der Waals surface area contributed by atoms with E-state index in [-0.39, 0.29) is 11.8 Å². The van der Waals surface area contributed by atoms with Crippen molar-refractivity contribution in [3.8, 4) is 6.07 Å². The second-order valence-corrected chi connectivity index (χ2v) is 8.45. The Morgan fingerprint density at radius 2 is 1.71 bits per heavy atom. The van der Waals surface area contributed by atoms with Gasteiger partial charge in [-0.1, -0.05) is 59.8 Å². The summed E-state index contributed by atoms with van der Waals surface area (Å²) in [5.74, 6) is -0.502. The smallest absolute Gasteiger partial charge is 0.253 e. The van der Waals surface area contributed by atoms with Crippen molar-refractivity contribution in [1.29, 1.82) is 5.26 Å². The van der Waals surface area contributed by atoms with Crippen LogP contribution in [0.5, 0.6) is 0 Å². The number of hydrogen-bond acceptors (Lipinski definition) is 4. The van der Waals surface area contributed by atoms with Crippen molar-refractivity contribution in [2.24, 2.45) is 0 Å². The lowest BCUT2D eigenvalue weighted by Gasteiger charge is -2.18. The van der Waals surface area contributed by atoms with Gasteiger partial charge in [-0.3, -0.25) is 9.59 Å². The molecule has 1 unspecified atom stereocenters. The molecule has 1 atom stereocenters. The van der Waals surface area contributed by atoms with Crippen LogP contribution in [0.4, 0.5) is 5.69 Å². The molecule has 31 heavy (non-hydrogen) atoms. The lowest BCUT2D eigenvalue weighted by atomic mass is 10.2. The molecular formula is C24H18ClN3O2S. The van der Waals surface area contributed by atoms with Crippen LogP contribution >= 0.6 is 23.4 Å². The SMILES string of the molecule is N#Cc1ccccc1Sc1ccccc1C(=O)NC1CCN(c2ccccc2Cl)C1=O. The molecule has 0 saturated carbocycles. The van der Waals surface area contributed by atoms with Crippen molar-refractivity contribution in [3.63, 3.8) is 0 Å². The Balaban J connectivity index is 1.52. The van der Waals surface area contributed by atoms with Gasteiger partial charge in [0.25, 0.3) is 5.91 Å². The standard InChI is InChI=1S/C24H18ClN3O2S/c25-18-9-3-4-10-20(18)28-14-13-19(24(28)30)27-23(29)17-8-2-6-12-22(17)31-21-11-5-1-7-16(21)15-26/h1-12,19H,13-14H2,(H,27,29). The molecule has 5 nitrogen and oxygen atoms in total. The van der Waals surface area contributed by atoms with Gasteiger partial charge in [0.05, 0.1) is 21.8 Å². The van der Waals surface area contributed by atoms with Crippen molar-refractivity contribution in [1.82, 2.24) is 5.32 Å². The number of nitrogens with one attached hydrogen (secondary N) is 1. The second kappa shape index (κ2) is 9.25. The van der Waals surface area contributed by atoms with Gasteiger partial charge in [0.2, 0.25) is 5.91 Å². The highest BCUT2D eigenvalue weighted by Crippen LogP contribution is 2.33. The van der Waals surface area contributed by atoms with E-state index in [2.05, 4.69) is 11.4 Å². The number of benzene rings is 3. The first kappa shape index (κ1) is 21.0. The number of nitrogens with zero attached hydrogens (tertiary/aromatic N) is 2. The highest BCUT2D eigenvalue weighted by molar-refractivity contribution is 7.99. The van der Waals surface area contributed by atoms with Crippen LogP contribution < -0.4 is 10.2 Å². The maximum Gasteiger partial charge on any atom is 0.253 e. The molecule has 3 aromatic rings. The lowest BCUT2D eigenvalue weighted by molar-refractivity contribution is -0.118. The molecule has 1 heterocycles. The quantitative estimate of drug-likeness (QED) is 0.603. The van der Waals surface area contributed by atoms with Crippen LogP contribution in [0.3, 0.4) is 0 Å². The molecule has 1 N–H and O–H groups in total. The fourth-order valence-electron chi connectivity index (χ4n) is 3.47. The van der Waals surface area contributed by atoms with Crippen molar-refractivity contribution in [2.45, 2.75) is 22.3 Å². The van der Waals surface area contributed by atoms with Crippen LogP contribution in [0.2, 0.25) is 5.02 Å². The highest BCUT2D eigenvalue weighted by Gasteiger charge is 2.34. The summed E-state index contributed by atoms with van der Waals surface area (Å²) in [4.78, 5) is 29.0. The number of hydrogen-bond donors (Lipinski definition) is 1. The molecule has 0 bridgehead atoms. The summed E-state index contributed by atoms with van der Waals surface area (Å²) in [5.41, 5.74) is 1.66. The molecule has 154 valence electrons. The zero-order valence-corrected chi connectivity index (χ0v) is 18.0. The molecule has 7 heteroatoms. The zero-order chi connectivity index (χ0) is 21.8. The Morgan fingerprint density at radius 3 is 2.48 bits per heavy atom. The Kier molecular flexibility index (Phi) is 6.26. The number of para-hydroxylation sites is 1. The molecule has 0 radical (unpaired) electrons. The third kappa shape index (κ3) is 4.43. The Hall–Kier alpha value is -3.27. The maximum absolute atomic E-state index is 13.0. The number of carbonyl (C=O) groups excluding carboxylic acids is 2. The third-order valence-electron chi connectivity index (χ3n) is 5.01. The molecule has 0 aliphatic carbocycles. The summed E-state index contributed by atoms with van der Waals surface area (Å²) in [5, 5.41) is 12.7. The van der Waals surface area contributed by atoms with E-state index in [9.17, 15) is 14.9 Å². The van der Waals surface area contributed by atoms with Crippen molar-refractivity contribution < 1.29 is 9.59 Å². The Morgan fingerprint density at radius 1 is 1.03 bits per heavy atom. The van der Waals surface area contributed by atoms with Gasteiger partial charge in [-0.2, -0.15) is 5.26 Å². The summed E-state index contributed by atoms with van der Waals surface area (Å²) < 4.78 is 0. The first-order chi connectivity index (χ1) is 15.1. The summed E-state index contributed by atoms with van der Waals surface area (Å²) in [7, 11) is 0. The molecule has 2 amide bonds. The van der Waals surface area contributed by atoms with Gasteiger partial charge >= 0.3 is 0 Å². The average molecular weight is 448 g/mol. The third-order valence-corrected chi connectivity index (χ3v) is 6.48. The average Bonchev–Trinajstić information content (AvgIpc) is 3.14. The predicted molar refractivity (Wildman–Crippen MR) is 121 cm³/mol. The number of carbonyl (C=O) groups is 2. The van der Waals surface area contributed by atoms with Gasteiger partial charge in [0.1, 0.15) is 12.1 Å². The normalized spacial score (nSPS) is 15.5. The summed E-state index contributed by atoms with van der Waals surface area (Å²) in [6, 6.07) is 23.1. The van der Waals surface area contributed by atoms with Crippen LogP contribution in [0.15, 0.2) is 82.6 Å². The Labute approximate surface area is 189 Å². The molecule has 1 aliphatic rings. The van der Waals surface area contributed by atoms with Crippen LogP contribution in [-0.4, -0.2) is 24.4 Å². The van der Waals surface area contributed by atoms with Gasteiger partial charge in [0.15, 0.2) is 0 Å². The van der Waals surface area contributed by atoms with Gasteiger partial charge in [-0.15, -0.1) is 0 Å². The van der Waals surface area contributed by atoms with Crippen LogP contribution in [0, 0.1) is 11.3 Å². The molecule has 1 fully saturated rings. The second-order valence-electron chi connectivity index (χ2n) is 6.96. The number of rotatable bonds is 5. The largest absolute Gasteiger partial charge is 0.340 e. The molecule has 1 saturated heterocycles. The van der Waals surface area contributed by atoms with Crippen molar-refractivity contribution in [3.05, 3.63) is 88.9 Å². The van der Waals surface area contributed by atoms with E-state index in [4.69, 9.17) is 11.6 Å². The van der Waals surface area contributed by atoms with E-state index >= 15 is 0 Å². The van der Waals surface area contributed by atoms with Crippen LogP contribution in [0.25, 0.3) is 0 Å². The van der Waals surface area contributed by atoms with E-state index in [0.717, 1.165) is 9.79 Å². The number of halogens is 1. The lowest BCUT2D eigenvalue weighted by Crippen LogP contribution is -2.41. The number of amides is 2. The molecule has 0 spiro atoms. The monoisotopic (exact) mass is 447 g/mol. The Bertz CT molecular complexity index is 1190. The van der Waals surface area contributed by atoms with E-state index < -0.39 is 6.04 Å². The van der Waals surface area contributed by atoms with Gasteiger partial charge < -0.3 is 10.2 Å². The predicted octanol–water partition coefficient (Wildman–Crippen LogP) is 4.90. The minimum atomic E-state index is -0.617. The van der Waals surface area contributed by atoms with Crippen molar-refractivity contribution in [2.75, 3.05) is 11.4 Å². The summed E-state index contributed by atoms with van der Waals surface area (Å²) in [6.45, 7) is 0.486. The molecule has 4 rings (SSSR count).